The summed E-state index contributed by atoms with van der Waals surface area (Å²) in [5.74, 6) is 0. The van der Waals surface area contributed by atoms with Gasteiger partial charge in [0.15, 0.2) is 6.10 Å². The van der Waals surface area contributed by atoms with Gasteiger partial charge in [0.05, 0.1) is 0 Å². The van der Waals surface area contributed by atoms with E-state index in [2.05, 4.69) is 0 Å². The van der Waals surface area contributed by atoms with Gasteiger partial charge in [-0.3, -0.25) is 0 Å². The van der Waals surface area contributed by atoms with Gasteiger partial charge < -0.3 is 10.8 Å². The molecule has 0 fully saturated rings. The van der Waals surface area contributed by atoms with E-state index < -0.39 is 12.3 Å². The number of rotatable bonds is 5. The van der Waals surface area contributed by atoms with Crippen LogP contribution in [0.15, 0.2) is 18.2 Å². The zero-order chi connectivity index (χ0) is 14.6. The second kappa shape index (κ2) is 6.39. The van der Waals surface area contributed by atoms with E-state index in [-0.39, 0.29) is 11.6 Å². The summed E-state index contributed by atoms with van der Waals surface area (Å²) in [6.45, 7) is 3.62. The number of alkyl halides is 3. The summed E-state index contributed by atoms with van der Waals surface area (Å²) in [5, 5.41) is 9.27. The topological polar surface area (TPSA) is 46.2 Å². The normalized spacial score (nSPS) is 15.3. The highest BCUT2D eigenvalue weighted by Gasteiger charge is 2.39. The predicted molar refractivity (Wildman–Crippen MR) is 68.8 cm³/mol. The summed E-state index contributed by atoms with van der Waals surface area (Å²) < 4.78 is 37.5. The molecule has 0 saturated heterocycles. The van der Waals surface area contributed by atoms with Crippen LogP contribution >= 0.6 is 0 Å². The van der Waals surface area contributed by atoms with E-state index in [0.29, 0.717) is 6.42 Å². The van der Waals surface area contributed by atoms with Gasteiger partial charge in [0.25, 0.3) is 0 Å². The summed E-state index contributed by atoms with van der Waals surface area (Å²) in [6.07, 6.45) is -4.73. The van der Waals surface area contributed by atoms with E-state index in [4.69, 9.17) is 5.73 Å². The Hall–Kier alpha value is -1.07. The quantitative estimate of drug-likeness (QED) is 0.866. The molecule has 0 radical (unpaired) electrons. The lowest BCUT2D eigenvalue weighted by molar-refractivity contribution is -0.206. The molecule has 1 unspecified atom stereocenters. The molecule has 0 aliphatic rings. The highest BCUT2D eigenvalue weighted by atomic mass is 19.4. The lowest BCUT2D eigenvalue weighted by atomic mass is 9.98. The van der Waals surface area contributed by atoms with Gasteiger partial charge in [0, 0.05) is 6.04 Å². The van der Waals surface area contributed by atoms with Crippen LogP contribution in [0.3, 0.4) is 0 Å². The molecule has 0 saturated carbocycles. The van der Waals surface area contributed by atoms with E-state index >= 15 is 0 Å². The average molecular weight is 275 g/mol. The minimum atomic E-state index is -4.63. The molecule has 2 atom stereocenters. The zero-order valence-corrected chi connectivity index (χ0v) is 11.2. The molecule has 0 amide bonds. The molecular weight excluding hydrogens is 255 g/mol. The number of halogens is 3. The second-order valence-corrected chi connectivity index (χ2v) is 5.07. The van der Waals surface area contributed by atoms with Crippen LogP contribution in [0.1, 0.15) is 42.6 Å². The van der Waals surface area contributed by atoms with E-state index in [1.165, 1.54) is 12.1 Å². The maximum absolute atomic E-state index is 12.5. The van der Waals surface area contributed by atoms with Gasteiger partial charge in [-0.25, -0.2) is 0 Å². The molecule has 0 aliphatic carbocycles. The molecule has 1 rings (SSSR count). The minimum absolute atomic E-state index is 0.0880. The van der Waals surface area contributed by atoms with Gasteiger partial charge in [-0.15, -0.1) is 0 Å². The highest BCUT2D eigenvalue weighted by Crippen LogP contribution is 2.33. The van der Waals surface area contributed by atoms with Crippen LogP contribution in [-0.4, -0.2) is 17.3 Å². The molecule has 3 N–H and O–H groups in total. The molecule has 0 aromatic heterocycles. The van der Waals surface area contributed by atoms with Crippen molar-refractivity contribution >= 4 is 0 Å². The van der Waals surface area contributed by atoms with Crippen LogP contribution in [0.25, 0.3) is 0 Å². The van der Waals surface area contributed by atoms with E-state index in [1.807, 2.05) is 13.0 Å². The van der Waals surface area contributed by atoms with Crippen molar-refractivity contribution in [1.29, 1.82) is 0 Å². The third kappa shape index (κ3) is 5.20. The zero-order valence-electron chi connectivity index (χ0n) is 11.2. The number of hydrogen-bond acceptors (Lipinski definition) is 2. The summed E-state index contributed by atoms with van der Waals surface area (Å²) in [6, 6.07) is 4.72. The Balaban J connectivity index is 2.82. The second-order valence-electron chi connectivity index (χ2n) is 5.07. The van der Waals surface area contributed by atoms with Crippen LogP contribution < -0.4 is 5.73 Å². The third-order valence-electron chi connectivity index (χ3n) is 2.91. The van der Waals surface area contributed by atoms with Gasteiger partial charge >= 0.3 is 6.18 Å². The summed E-state index contributed by atoms with van der Waals surface area (Å²) in [5.41, 5.74) is 7.06. The van der Waals surface area contributed by atoms with Gasteiger partial charge in [-0.1, -0.05) is 23.8 Å². The van der Waals surface area contributed by atoms with Gasteiger partial charge in [-0.2, -0.15) is 13.2 Å². The Morgan fingerprint density at radius 2 is 1.89 bits per heavy atom. The average Bonchev–Trinajstić information content (AvgIpc) is 2.25. The van der Waals surface area contributed by atoms with Crippen molar-refractivity contribution in [2.75, 3.05) is 0 Å². The fourth-order valence-electron chi connectivity index (χ4n) is 2.01. The fraction of sp³-hybridized carbons (Fsp3) is 0.571. The van der Waals surface area contributed by atoms with Crippen molar-refractivity contribution in [1.82, 2.24) is 0 Å². The monoisotopic (exact) mass is 275 g/mol. The molecule has 5 heteroatoms. The van der Waals surface area contributed by atoms with Crippen LogP contribution in [0.5, 0.6) is 0 Å². The Labute approximate surface area is 111 Å². The first kappa shape index (κ1) is 16.0. The first-order valence-corrected chi connectivity index (χ1v) is 6.31. The summed E-state index contributed by atoms with van der Waals surface area (Å²) in [4.78, 5) is 0. The number of aliphatic hydroxyl groups excluding tert-OH is 1. The van der Waals surface area contributed by atoms with Gasteiger partial charge in [0.1, 0.15) is 0 Å². The van der Waals surface area contributed by atoms with Crippen LogP contribution in [0.4, 0.5) is 13.2 Å². The van der Waals surface area contributed by atoms with Crippen LogP contribution in [-0.2, 0) is 6.42 Å². The van der Waals surface area contributed by atoms with Crippen LogP contribution in [0, 0.1) is 6.92 Å². The summed E-state index contributed by atoms with van der Waals surface area (Å²) in [7, 11) is 0. The Morgan fingerprint density at radius 1 is 1.26 bits per heavy atom. The highest BCUT2D eigenvalue weighted by molar-refractivity contribution is 5.31. The predicted octanol–water partition coefficient (Wildman–Crippen LogP) is 3.26. The van der Waals surface area contributed by atoms with Crippen molar-refractivity contribution < 1.29 is 18.3 Å². The lowest BCUT2D eigenvalue weighted by Crippen LogP contribution is -2.20. The standard InChI is InChI=1S/C14H20F3NO/c1-9-6-11(5-3-4-10(2)18)8-12(7-9)13(19)14(15,16)17/h6-8,10,13,19H,3-5,18H2,1-2H3/t10-,13?/m0/s1. The fourth-order valence-corrected chi connectivity index (χ4v) is 2.01. The van der Waals surface area contributed by atoms with E-state index in [9.17, 15) is 18.3 Å². The van der Waals surface area contributed by atoms with Gasteiger partial charge in [0.2, 0.25) is 0 Å². The van der Waals surface area contributed by atoms with Gasteiger partial charge in [-0.05, 0) is 44.2 Å². The van der Waals surface area contributed by atoms with E-state index in [0.717, 1.165) is 24.0 Å². The minimum Gasteiger partial charge on any atom is -0.379 e. The maximum atomic E-state index is 12.5. The van der Waals surface area contributed by atoms with Crippen molar-refractivity contribution in [3.05, 3.63) is 34.9 Å². The number of benzene rings is 1. The number of nitrogens with two attached hydrogens (primary N) is 1. The number of aliphatic hydroxyl groups is 1. The first-order valence-electron chi connectivity index (χ1n) is 6.31. The molecule has 0 aliphatic heterocycles. The molecule has 108 valence electrons. The smallest absolute Gasteiger partial charge is 0.379 e. The third-order valence-corrected chi connectivity index (χ3v) is 2.91. The largest absolute Gasteiger partial charge is 0.418 e. The summed E-state index contributed by atoms with van der Waals surface area (Å²) >= 11 is 0. The number of hydrogen-bond donors (Lipinski definition) is 2. The van der Waals surface area contributed by atoms with E-state index in [1.54, 1.807) is 6.92 Å². The molecule has 0 bridgehead atoms. The molecule has 19 heavy (non-hydrogen) atoms. The molecule has 1 aromatic rings. The first-order chi connectivity index (χ1) is 8.70. The molecule has 1 aromatic carbocycles. The molecular formula is C14H20F3NO. The van der Waals surface area contributed by atoms with Crippen LogP contribution in [0.2, 0.25) is 0 Å². The molecule has 2 nitrogen and oxygen atoms in total. The van der Waals surface area contributed by atoms with Crippen molar-refractivity contribution in [2.45, 2.75) is 51.4 Å². The van der Waals surface area contributed by atoms with Crippen molar-refractivity contribution in [3.63, 3.8) is 0 Å². The maximum Gasteiger partial charge on any atom is 0.418 e. The Kier molecular flexibility index (Phi) is 5.38. The number of aryl methyl sites for hydroxylation is 2. The Bertz CT molecular complexity index is 416. The lowest BCUT2D eigenvalue weighted by Gasteiger charge is -2.16. The molecule has 0 heterocycles. The van der Waals surface area contributed by atoms with Crippen molar-refractivity contribution in [2.24, 2.45) is 5.73 Å². The SMILES string of the molecule is Cc1cc(CCC[C@H](C)N)cc(C(O)C(F)(F)F)c1. The van der Waals surface area contributed by atoms with Crippen molar-refractivity contribution in [3.8, 4) is 0 Å². The molecule has 0 spiro atoms. The Morgan fingerprint density at radius 3 is 2.42 bits per heavy atom.